The van der Waals surface area contributed by atoms with E-state index in [1.165, 1.54) is 4.90 Å². The van der Waals surface area contributed by atoms with Crippen LogP contribution in [-0.4, -0.2) is 48.7 Å². The van der Waals surface area contributed by atoms with Gasteiger partial charge in [-0.25, -0.2) is 8.78 Å². The lowest BCUT2D eigenvalue weighted by Crippen LogP contribution is -2.53. The molecule has 0 saturated carbocycles. The Kier molecular flexibility index (Phi) is 9.06. The first-order valence-electron chi connectivity index (χ1n) is 11.4. The van der Waals surface area contributed by atoms with Crippen LogP contribution in [-0.2, 0) is 11.0 Å². The lowest BCUT2D eigenvalue weighted by molar-refractivity contribution is -0.166. The monoisotopic (exact) mass is 533 g/mol. The van der Waals surface area contributed by atoms with Gasteiger partial charge in [-0.2, -0.15) is 26.3 Å². The average Bonchev–Trinajstić information content (AvgIpc) is 2.67. The first-order valence-corrected chi connectivity index (χ1v) is 15.1. The molecule has 1 fully saturated rings. The Bertz CT molecular complexity index is 831. The van der Waals surface area contributed by atoms with Gasteiger partial charge in [0.1, 0.15) is 0 Å². The molecule has 1 saturated heterocycles. The zero-order valence-corrected chi connectivity index (χ0v) is 20.8. The SMILES string of the molecule is C[Si](C)(C)CCC(CCC(F)(F)F)N1CCC(F)(F)[C@H](CC(=O)O)[C@H]1c1ccc(C(F)(F)F)cc1. The number of likely N-dealkylation sites (tertiary alicyclic amines) is 1. The molecule has 0 radical (unpaired) electrons. The zero-order valence-electron chi connectivity index (χ0n) is 19.8. The highest BCUT2D eigenvalue weighted by Crippen LogP contribution is 2.49. The Morgan fingerprint density at radius 1 is 1.09 bits per heavy atom. The van der Waals surface area contributed by atoms with E-state index in [0.717, 1.165) is 24.3 Å². The quantitative estimate of drug-likeness (QED) is 0.262. The molecule has 1 aliphatic heterocycles. The van der Waals surface area contributed by atoms with Crippen molar-refractivity contribution in [3.63, 3.8) is 0 Å². The van der Waals surface area contributed by atoms with Crippen LogP contribution < -0.4 is 0 Å². The molecule has 2 rings (SSSR count). The Morgan fingerprint density at radius 2 is 1.66 bits per heavy atom. The third-order valence-corrected chi connectivity index (χ3v) is 8.20. The van der Waals surface area contributed by atoms with Crippen LogP contribution in [0.25, 0.3) is 0 Å². The fraction of sp³-hybridized carbons (Fsp3) is 0.696. The van der Waals surface area contributed by atoms with Gasteiger partial charge in [-0.1, -0.05) is 37.8 Å². The van der Waals surface area contributed by atoms with Gasteiger partial charge in [0.25, 0.3) is 5.92 Å². The molecular weight excluding hydrogens is 502 g/mol. The van der Waals surface area contributed by atoms with E-state index in [1.807, 2.05) is 19.6 Å². The smallest absolute Gasteiger partial charge is 0.416 e. The number of rotatable bonds is 9. The van der Waals surface area contributed by atoms with Gasteiger partial charge in [0.15, 0.2) is 0 Å². The predicted octanol–water partition coefficient (Wildman–Crippen LogP) is 7.62. The van der Waals surface area contributed by atoms with Gasteiger partial charge >= 0.3 is 18.3 Å². The third kappa shape index (κ3) is 8.73. The molecule has 1 N–H and O–H groups in total. The number of hydrogen-bond donors (Lipinski definition) is 1. The van der Waals surface area contributed by atoms with Crippen LogP contribution in [0, 0.1) is 5.92 Å². The van der Waals surface area contributed by atoms with Crippen LogP contribution in [0.15, 0.2) is 24.3 Å². The second-order valence-electron chi connectivity index (χ2n) is 10.4. The zero-order chi connectivity index (χ0) is 26.8. The number of halogens is 8. The van der Waals surface area contributed by atoms with Gasteiger partial charge in [0.05, 0.1) is 17.9 Å². The number of carboxylic acid groups (broad SMARTS) is 1. The molecule has 0 aromatic heterocycles. The first-order chi connectivity index (χ1) is 15.8. The molecule has 35 heavy (non-hydrogen) atoms. The van der Waals surface area contributed by atoms with Crippen molar-refractivity contribution in [2.24, 2.45) is 5.92 Å². The maximum Gasteiger partial charge on any atom is 0.416 e. The van der Waals surface area contributed by atoms with Crippen LogP contribution in [0.5, 0.6) is 0 Å². The number of hydrogen-bond acceptors (Lipinski definition) is 2. The average molecular weight is 534 g/mol. The molecule has 1 aromatic carbocycles. The van der Waals surface area contributed by atoms with Crippen molar-refractivity contribution < 1.29 is 45.0 Å². The van der Waals surface area contributed by atoms with Crippen LogP contribution in [0.1, 0.15) is 49.3 Å². The van der Waals surface area contributed by atoms with Gasteiger partial charge < -0.3 is 5.11 Å². The van der Waals surface area contributed by atoms with E-state index in [2.05, 4.69) is 0 Å². The Labute approximate surface area is 200 Å². The molecule has 0 amide bonds. The number of carbonyl (C=O) groups is 1. The van der Waals surface area contributed by atoms with Crippen molar-refractivity contribution >= 4 is 14.0 Å². The van der Waals surface area contributed by atoms with E-state index >= 15 is 0 Å². The van der Waals surface area contributed by atoms with E-state index in [0.29, 0.717) is 12.5 Å². The summed E-state index contributed by atoms with van der Waals surface area (Å²) in [4.78, 5) is 13.0. The van der Waals surface area contributed by atoms with Crippen molar-refractivity contribution in [1.29, 1.82) is 0 Å². The fourth-order valence-electron chi connectivity index (χ4n) is 4.62. The van der Waals surface area contributed by atoms with E-state index in [9.17, 15) is 45.0 Å². The molecule has 1 aliphatic rings. The van der Waals surface area contributed by atoms with Crippen molar-refractivity contribution in [3.8, 4) is 0 Å². The number of piperidine rings is 1. The Morgan fingerprint density at radius 3 is 2.11 bits per heavy atom. The van der Waals surface area contributed by atoms with Crippen molar-refractivity contribution in [2.75, 3.05) is 6.54 Å². The van der Waals surface area contributed by atoms with E-state index < -0.39 is 75.1 Å². The van der Waals surface area contributed by atoms with E-state index in [-0.39, 0.29) is 18.5 Å². The van der Waals surface area contributed by atoms with Gasteiger partial charge in [-0.3, -0.25) is 9.69 Å². The summed E-state index contributed by atoms with van der Waals surface area (Å²) in [5.74, 6) is -6.76. The van der Waals surface area contributed by atoms with Crippen molar-refractivity contribution in [2.45, 2.75) is 88.1 Å². The van der Waals surface area contributed by atoms with Crippen LogP contribution >= 0.6 is 0 Å². The summed E-state index contributed by atoms with van der Waals surface area (Å²) in [5.41, 5.74) is -0.967. The number of nitrogens with zero attached hydrogens (tertiary/aromatic N) is 1. The van der Waals surface area contributed by atoms with Gasteiger partial charge in [0.2, 0.25) is 0 Å². The topological polar surface area (TPSA) is 40.5 Å². The number of benzene rings is 1. The molecule has 3 atom stereocenters. The Hall–Kier alpha value is -1.69. The highest BCUT2D eigenvalue weighted by Gasteiger charge is 2.52. The minimum absolute atomic E-state index is 0.0358. The molecule has 1 unspecified atom stereocenters. The molecule has 0 aliphatic carbocycles. The molecule has 0 bridgehead atoms. The van der Waals surface area contributed by atoms with Crippen LogP contribution in [0.2, 0.25) is 25.7 Å². The summed E-state index contributed by atoms with van der Waals surface area (Å²) >= 11 is 0. The highest BCUT2D eigenvalue weighted by atomic mass is 28.3. The minimum atomic E-state index is -4.66. The summed E-state index contributed by atoms with van der Waals surface area (Å²) in [5, 5.41) is 9.31. The number of carboxylic acids is 1. The van der Waals surface area contributed by atoms with Crippen molar-refractivity contribution in [3.05, 3.63) is 35.4 Å². The summed E-state index contributed by atoms with van der Waals surface area (Å²) in [7, 11) is -1.73. The normalized spacial score (nSPS) is 22.7. The Balaban J connectivity index is 2.54. The number of alkyl halides is 8. The summed E-state index contributed by atoms with van der Waals surface area (Å²) in [6.45, 7) is 5.79. The largest absolute Gasteiger partial charge is 0.481 e. The molecule has 3 nitrogen and oxygen atoms in total. The van der Waals surface area contributed by atoms with E-state index in [4.69, 9.17) is 0 Å². The van der Waals surface area contributed by atoms with Gasteiger partial charge in [-0.15, -0.1) is 0 Å². The lowest BCUT2D eigenvalue weighted by Gasteiger charge is -2.49. The second-order valence-corrected chi connectivity index (χ2v) is 16.0. The molecule has 1 heterocycles. The highest BCUT2D eigenvalue weighted by molar-refractivity contribution is 6.76. The van der Waals surface area contributed by atoms with Gasteiger partial charge in [-0.05, 0) is 30.5 Å². The standard InChI is InChI=1S/C23H31F8NO2Si/c1-35(2,3)13-9-17(8-10-22(26,27)28)32-12-11-21(24,25)18(14-19(33)34)20(32)15-4-6-16(7-5-15)23(29,30)31/h4-7,17-18,20H,8-14H2,1-3H3,(H,33,34)/t17?,18-,20-/m1/s1. The van der Waals surface area contributed by atoms with Crippen LogP contribution in [0.3, 0.4) is 0 Å². The fourth-order valence-corrected chi connectivity index (χ4v) is 5.82. The molecular formula is C23H31F8NO2Si. The maximum absolute atomic E-state index is 15.0. The maximum atomic E-state index is 15.0. The molecule has 1 aromatic rings. The van der Waals surface area contributed by atoms with Crippen molar-refractivity contribution in [1.82, 2.24) is 4.90 Å². The first kappa shape index (κ1) is 29.5. The molecule has 0 spiro atoms. The summed E-state index contributed by atoms with van der Waals surface area (Å²) in [6, 6.07) is 2.01. The predicted molar refractivity (Wildman–Crippen MR) is 118 cm³/mol. The summed E-state index contributed by atoms with van der Waals surface area (Å²) < 4.78 is 108. The molecule has 12 heteroatoms. The summed E-state index contributed by atoms with van der Waals surface area (Å²) in [6.07, 6.45) is -12.0. The lowest BCUT2D eigenvalue weighted by atomic mass is 9.78. The van der Waals surface area contributed by atoms with Gasteiger partial charge in [0, 0.05) is 39.5 Å². The second kappa shape index (κ2) is 10.7. The molecule has 200 valence electrons. The van der Waals surface area contributed by atoms with E-state index in [1.54, 1.807) is 0 Å². The number of aliphatic carboxylic acids is 1. The third-order valence-electron chi connectivity index (χ3n) is 6.42. The minimum Gasteiger partial charge on any atom is -0.481 e. The van der Waals surface area contributed by atoms with Crippen LogP contribution in [0.4, 0.5) is 35.1 Å².